The van der Waals surface area contributed by atoms with Crippen LogP contribution in [0.15, 0.2) is 53.8 Å². The van der Waals surface area contributed by atoms with E-state index in [9.17, 15) is 17.6 Å². The van der Waals surface area contributed by atoms with Crippen LogP contribution in [0.4, 0.5) is 4.39 Å². The fourth-order valence-corrected chi connectivity index (χ4v) is 4.69. The summed E-state index contributed by atoms with van der Waals surface area (Å²) in [4.78, 5) is 17.1. The summed E-state index contributed by atoms with van der Waals surface area (Å²) in [6.45, 7) is 1.29. The lowest BCUT2D eigenvalue weighted by Crippen LogP contribution is -2.44. The summed E-state index contributed by atoms with van der Waals surface area (Å²) >= 11 is 0. The number of fused-ring (bicyclic) bond motifs is 1. The minimum absolute atomic E-state index is 0.0393. The van der Waals surface area contributed by atoms with Crippen molar-refractivity contribution in [2.45, 2.75) is 23.4 Å². The third-order valence-electron chi connectivity index (χ3n) is 5.54. The van der Waals surface area contributed by atoms with Crippen LogP contribution in [0.5, 0.6) is 0 Å². The maximum Gasteiger partial charge on any atom is 0.272 e. The number of ether oxygens (including phenoxy) is 1. The van der Waals surface area contributed by atoms with Crippen molar-refractivity contribution in [3.63, 3.8) is 0 Å². The Morgan fingerprint density at radius 3 is 2.70 bits per heavy atom. The van der Waals surface area contributed by atoms with E-state index in [1.165, 1.54) is 16.5 Å². The molecule has 0 saturated carbocycles. The number of nitrogens with zero attached hydrogens (tertiary/aromatic N) is 2. The summed E-state index contributed by atoms with van der Waals surface area (Å²) in [6.07, 6.45) is 3.88. The summed E-state index contributed by atoms with van der Waals surface area (Å²) in [5.41, 5.74) is 0.780. The van der Waals surface area contributed by atoms with Crippen molar-refractivity contribution in [1.82, 2.24) is 14.7 Å². The summed E-state index contributed by atoms with van der Waals surface area (Å²) < 4.78 is 44.9. The van der Waals surface area contributed by atoms with Gasteiger partial charge in [-0.25, -0.2) is 17.8 Å². The molecule has 1 aromatic carbocycles. The van der Waals surface area contributed by atoms with Gasteiger partial charge in [0.2, 0.25) is 15.0 Å². The van der Waals surface area contributed by atoms with E-state index in [0.717, 1.165) is 11.8 Å². The van der Waals surface area contributed by atoms with Crippen LogP contribution in [0.3, 0.4) is 0 Å². The van der Waals surface area contributed by atoms with E-state index >= 15 is 0 Å². The van der Waals surface area contributed by atoms with Crippen molar-refractivity contribution >= 4 is 21.3 Å². The predicted molar refractivity (Wildman–Crippen MR) is 109 cm³/mol. The number of imidazole rings is 1. The normalized spacial score (nSPS) is 16.5. The minimum Gasteiger partial charge on any atom is -0.381 e. The fourth-order valence-electron chi connectivity index (χ4n) is 3.92. The standard InChI is InChI=1S/C21H22FN3O4S/c1-30(27,28)20-24-18(17-7-2-3-10-25(17)20)19(26)23-14-21(8-11-29-12-9-21)15-5-4-6-16(22)13-15/h2-7,10,13H,8-9,11-12,14H2,1H3,(H,23,26). The molecule has 1 fully saturated rings. The summed E-state index contributed by atoms with van der Waals surface area (Å²) in [6, 6.07) is 11.4. The number of hydrogen-bond donors (Lipinski definition) is 1. The van der Waals surface area contributed by atoms with Gasteiger partial charge in [0.05, 0.1) is 5.52 Å². The molecular formula is C21H22FN3O4S. The van der Waals surface area contributed by atoms with E-state index in [4.69, 9.17) is 4.74 Å². The highest BCUT2D eigenvalue weighted by Crippen LogP contribution is 2.34. The molecule has 0 unspecified atom stereocenters. The third kappa shape index (κ3) is 3.82. The lowest BCUT2D eigenvalue weighted by molar-refractivity contribution is 0.0486. The average molecular weight is 431 g/mol. The second-order valence-corrected chi connectivity index (χ2v) is 9.47. The molecule has 4 rings (SSSR count). The maximum atomic E-state index is 13.9. The highest BCUT2D eigenvalue weighted by atomic mass is 32.2. The van der Waals surface area contributed by atoms with Crippen molar-refractivity contribution in [1.29, 1.82) is 0 Å². The Kier molecular flexibility index (Phi) is 5.33. The molecule has 2 aromatic heterocycles. The number of rotatable bonds is 5. The summed E-state index contributed by atoms with van der Waals surface area (Å²) in [5.74, 6) is -0.807. The second kappa shape index (κ2) is 7.81. The van der Waals surface area contributed by atoms with E-state index < -0.39 is 21.2 Å². The van der Waals surface area contributed by atoms with Crippen LogP contribution in [0.2, 0.25) is 0 Å². The average Bonchev–Trinajstić information content (AvgIpc) is 3.13. The number of halogens is 1. The lowest BCUT2D eigenvalue weighted by Gasteiger charge is -2.38. The van der Waals surface area contributed by atoms with Gasteiger partial charge in [-0.15, -0.1) is 0 Å². The van der Waals surface area contributed by atoms with Crippen LogP contribution in [-0.4, -0.2) is 49.7 Å². The van der Waals surface area contributed by atoms with Crippen LogP contribution in [0, 0.1) is 5.82 Å². The zero-order chi connectivity index (χ0) is 21.4. The molecular weight excluding hydrogens is 409 g/mol. The Balaban J connectivity index is 1.65. The molecule has 158 valence electrons. The number of benzene rings is 1. The van der Waals surface area contributed by atoms with E-state index in [0.29, 0.717) is 31.6 Å². The first-order valence-corrected chi connectivity index (χ1v) is 11.5. The number of carbonyl (C=O) groups is 1. The van der Waals surface area contributed by atoms with Gasteiger partial charge < -0.3 is 10.1 Å². The molecule has 1 N–H and O–H groups in total. The monoisotopic (exact) mass is 431 g/mol. The summed E-state index contributed by atoms with van der Waals surface area (Å²) in [5, 5.41) is 2.71. The third-order valence-corrected chi connectivity index (χ3v) is 6.49. The first-order chi connectivity index (χ1) is 14.3. The SMILES string of the molecule is CS(=O)(=O)c1nc(C(=O)NCC2(c3cccc(F)c3)CCOCC2)c2ccccn12. The molecule has 3 aromatic rings. The highest BCUT2D eigenvalue weighted by Gasteiger charge is 2.35. The van der Waals surface area contributed by atoms with Crippen molar-refractivity contribution in [2.24, 2.45) is 0 Å². The van der Waals surface area contributed by atoms with Gasteiger partial charge in [-0.3, -0.25) is 9.20 Å². The largest absolute Gasteiger partial charge is 0.381 e. The smallest absolute Gasteiger partial charge is 0.272 e. The Hall–Kier alpha value is -2.78. The van der Waals surface area contributed by atoms with Gasteiger partial charge in [0.1, 0.15) is 5.82 Å². The molecule has 0 bridgehead atoms. The topological polar surface area (TPSA) is 89.8 Å². The molecule has 0 spiro atoms. The number of amides is 1. The van der Waals surface area contributed by atoms with Gasteiger partial charge in [0, 0.05) is 37.6 Å². The van der Waals surface area contributed by atoms with Gasteiger partial charge in [-0.2, -0.15) is 0 Å². The number of sulfone groups is 1. The first-order valence-electron chi connectivity index (χ1n) is 9.59. The molecule has 0 radical (unpaired) electrons. The van der Waals surface area contributed by atoms with Crippen LogP contribution in [0.25, 0.3) is 5.52 Å². The molecule has 0 atom stereocenters. The van der Waals surface area contributed by atoms with Gasteiger partial charge in [-0.1, -0.05) is 18.2 Å². The Morgan fingerprint density at radius 2 is 2.00 bits per heavy atom. The molecule has 1 aliphatic heterocycles. The molecule has 3 heterocycles. The minimum atomic E-state index is -3.62. The molecule has 30 heavy (non-hydrogen) atoms. The van der Waals surface area contributed by atoms with Crippen molar-refractivity contribution in [2.75, 3.05) is 26.0 Å². The second-order valence-electron chi connectivity index (χ2n) is 7.56. The Bertz CT molecular complexity index is 1200. The molecule has 0 aliphatic carbocycles. The molecule has 9 heteroatoms. The molecule has 1 saturated heterocycles. The van der Waals surface area contributed by atoms with Gasteiger partial charge >= 0.3 is 0 Å². The number of aromatic nitrogens is 2. The number of carbonyl (C=O) groups excluding carboxylic acids is 1. The quantitative estimate of drug-likeness (QED) is 0.670. The van der Waals surface area contributed by atoms with E-state index in [2.05, 4.69) is 10.3 Å². The van der Waals surface area contributed by atoms with Gasteiger partial charge in [-0.05, 0) is 42.7 Å². The van der Waals surface area contributed by atoms with Crippen molar-refractivity contribution < 1.29 is 22.3 Å². The van der Waals surface area contributed by atoms with Crippen LogP contribution < -0.4 is 5.32 Å². The molecule has 7 nitrogen and oxygen atoms in total. The van der Waals surface area contributed by atoms with E-state index in [1.54, 1.807) is 30.5 Å². The fraction of sp³-hybridized carbons (Fsp3) is 0.333. The molecule has 1 aliphatic rings. The number of nitrogens with one attached hydrogen (secondary N) is 1. The van der Waals surface area contributed by atoms with Crippen LogP contribution in [-0.2, 0) is 20.0 Å². The van der Waals surface area contributed by atoms with E-state index in [-0.39, 0.29) is 23.2 Å². The zero-order valence-electron chi connectivity index (χ0n) is 16.5. The lowest BCUT2D eigenvalue weighted by atomic mass is 9.74. The van der Waals surface area contributed by atoms with Crippen LogP contribution in [0.1, 0.15) is 28.9 Å². The van der Waals surface area contributed by atoms with Crippen molar-refractivity contribution in [3.05, 3.63) is 65.7 Å². The first kappa shape index (κ1) is 20.5. The van der Waals surface area contributed by atoms with Crippen LogP contribution >= 0.6 is 0 Å². The maximum absolute atomic E-state index is 13.9. The summed E-state index contributed by atoms with van der Waals surface area (Å²) in [7, 11) is -3.62. The Labute approximate surface area is 173 Å². The highest BCUT2D eigenvalue weighted by molar-refractivity contribution is 7.90. The molecule has 1 amide bonds. The Morgan fingerprint density at radius 1 is 1.23 bits per heavy atom. The van der Waals surface area contributed by atoms with E-state index in [1.807, 2.05) is 6.07 Å². The van der Waals surface area contributed by atoms with Gasteiger partial charge in [0.15, 0.2) is 5.69 Å². The number of pyridine rings is 1. The predicted octanol–water partition coefficient (Wildman–Crippen LogP) is 2.36. The number of hydrogen-bond acceptors (Lipinski definition) is 5. The zero-order valence-corrected chi connectivity index (χ0v) is 17.3. The van der Waals surface area contributed by atoms with Crippen molar-refractivity contribution in [3.8, 4) is 0 Å². The van der Waals surface area contributed by atoms with Gasteiger partial charge in [0.25, 0.3) is 5.91 Å².